The topological polar surface area (TPSA) is 54.0 Å². The Balaban J connectivity index is 0.00000144. The van der Waals surface area contributed by atoms with Gasteiger partial charge in [0.1, 0.15) is 10.8 Å². The fourth-order valence-corrected chi connectivity index (χ4v) is 1.93. The third kappa shape index (κ3) is 4.15. The molecule has 2 rings (SSSR count). The summed E-state index contributed by atoms with van der Waals surface area (Å²) < 4.78 is 0. The SMILES string of the molecule is Cl.O=C(NC1CCCNC1)c1cccc(Cl)n1. The lowest BCUT2D eigenvalue weighted by molar-refractivity contribution is 0.0925. The van der Waals surface area contributed by atoms with Crippen molar-refractivity contribution in [2.24, 2.45) is 0 Å². The van der Waals surface area contributed by atoms with E-state index in [-0.39, 0.29) is 24.4 Å². The molecule has 0 saturated carbocycles. The van der Waals surface area contributed by atoms with Crippen LogP contribution in [0.25, 0.3) is 0 Å². The molecule has 1 fully saturated rings. The van der Waals surface area contributed by atoms with Crippen molar-refractivity contribution in [2.75, 3.05) is 13.1 Å². The minimum absolute atomic E-state index is 0. The predicted octanol–water partition coefficient (Wildman–Crippen LogP) is 1.64. The number of hydrogen-bond donors (Lipinski definition) is 2. The van der Waals surface area contributed by atoms with Crippen molar-refractivity contribution in [3.05, 3.63) is 29.0 Å². The number of hydrogen-bond acceptors (Lipinski definition) is 3. The zero-order valence-corrected chi connectivity index (χ0v) is 10.9. The molecular weight excluding hydrogens is 261 g/mol. The number of halogens is 2. The molecule has 1 amide bonds. The first-order chi connectivity index (χ1) is 7.75. The highest BCUT2D eigenvalue weighted by molar-refractivity contribution is 6.29. The Bertz CT molecular complexity index is 381. The first-order valence-electron chi connectivity index (χ1n) is 5.40. The molecule has 1 aromatic rings. The summed E-state index contributed by atoms with van der Waals surface area (Å²) >= 11 is 5.73. The van der Waals surface area contributed by atoms with E-state index in [1.165, 1.54) is 0 Å². The normalized spacial score (nSPS) is 19.2. The zero-order chi connectivity index (χ0) is 11.4. The third-order valence-corrected chi connectivity index (χ3v) is 2.79. The number of nitrogens with one attached hydrogen (secondary N) is 2. The second-order valence-corrected chi connectivity index (χ2v) is 4.25. The molecule has 1 aromatic heterocycles. The largest absolute Gasteiger partial charge is 0.347 e. The van der Waals surface area contributed by atoms with Crippen LogP contribution in [0.2, 0.25) is 5.15 Å². The van der Waals surface area contributed by atoms with E-state index in [9.17, 15) is 4.79 Å². The lowest BCUT2D eigenvalue weighted by Crippen LogP contribution is -2.45. The van der Waals surface area contributed by atoms with Crippen molar-refractivity contribution < 1.29 is 4.79 Å². The Hall–Kier alpha value is -0.840. The van der Waals surface area contributed by atoms with Crippen molar-refractivity contribution in [2.45, 2.75) is 18.9 Å². The maximum Gasteiger partial charge on any atom is 0.270 e. The van der Waals surface area contributed by atoms with Crippen LogP contribution in [0, 0.1) is 0 Å². The van der Waals surface area contributed by atoms with E-state index in [2.05, 4.69) is 15.6 Å². The van der Waals surface area contributed by atoms with Gasteiger partial charge in [0.15, 0.2) is 0 Å². The number of carbonyl (C=O) groups is 1. The first-order valence-corrected chi connectivity index (χ1v) is 5.77. The third-order valence-electron chi connectivity index (χ3n) is 2.58. The summed E-state index contributed by atoms with van der Waals surface area (Å²) in [6.07, 6.45) is 2.10. The van der Waals surface area contributed by atoms with Gasteiger partial charge in [-0.1, -0.05) is 17.7 Å². The van der Waals surface area contributed by atoms with Crippen LogP contribution >= 0.6 is 24.0 Å². The highest BCUT2D eigenvalue weighted by atomic mass is 35.5. The Morgan fingerprint density at radius 1 is 1.53 bits per heavy atom. The van der Waals surface area contributed by atoms with Gasteiger partial charge in [-0.25, -0.2) is 4.98 Å². The van der Waals surface area contributed by atoms with Crippen LogP contribution in [-0.4, -0.2) is 30.0 Å². The van der Waals surface area contributed by atoms with Crippen molar-refractivity contribution >= 4 is 29.9 Å². The average Bonchev–Trinajstić information content (AvgIpc) is 2.30. The minimum atomic E-state index is -0.156. The van der Waals surface area contributed by atoms with Crippen molar-refractivity contribution in [3.8, 4) is 0 Å². The van der Waals surface area contributed by atoms with E-state index in [0.717, 1.165) is 25.9 Å². The molecule has 1 unspecified atom stereocenters. The molecule has 2 heterocycles. The molecule has 0 spiro atoms. The number of carbonyl (C=O) groups excluding carboxylic acids is 1. The van der Waals surface area contributed by atoms with Crippen LogP contribution < -0.4 is 10.6 Å². The molecule has 1 aliphatic rings. The van der Waals surface area contributed by atoms with E-state index in [1.807, 2.05) is 0 Å². The lowest BCUT2D eigenvalue weighted by Gasteiger charge is -2.23. The van der Waals surface area contributed by atoms with Gasteiger partial charge in [-0.3, -0.25) is 4.79 Å². The summed E-state index contributed by atoms with van der Waals surface area (Å²) in [4.78, 5) is 15.8. The predicted molar refractivity (Wildman–Crippen MR) is 69.9 cm³/mol. The van der Waals surface area contributed by atoms with E-state index < -0.39 is 0 Å². The van der Waals surface area contributed by atoms with Crippen LogP contribution in [0.1, 0.15) is 23.3 Å². The fourth-order valence-electron chi connectivity index (χ4n) is 1.77. The number of aromatic nitrogens is 1. The van der Waals surface area contributed by atoms with Crippen LogP contribution in [0.3, 0.4) is 0 Å². The number of amides is 1. The second kappa shape index (κ2) is 6.79. The van der Waals surface area contributed by atoms with Crippen molar-refractivity contribution in [1.29, 1.82) is 0 Å². The van der Waals surface area contributed by atoms with Crippen LogP contribution in [-0.2, 0) is 0 Å². The summed E-state index contributed by atoms with van der Waals surface area (Å²) in [6, 6.07) is 5.24. The maximum absolute atomic E-state index is 11.8. The van der Waals surface area contributed by atoms with Crippen LogP contribution in [0.4, 0.5) is 0 Å². The van der Waals surface area contributed by atoms with Gasteiger partial charge in [-0.05, 0) is 31.5 Å². The summed E-state index contributed by atoms with van der Waals surface area (Å²) in [6.45, 7) is 1.86. The zero-order valence-electron chi connectivity index (χ0n) is 9.28. The Kier molecular flexibility index (Phi) is 5.68. The molecule has 0 aromatic carbocycles. The Morgan fingerprint density at radius 3 is 3.00 bits per heavy atom. The monoisotopic (exact) mass is 275 g/mol. The number of piperidine rings is 1. The quantitative estimate of drug-likeness (QED) is 0.807. The fraction of sp³-hybridized carbons (Fsp3) is 0.455. The van der Waals surface area contributed by atoms with E-state index in [0.29, 0.717) is 10.8 Å². The molecule has 0 bridgehead atoms. The average molecular weight is 276 g/mol. The van der Waals surface area contributed by atoms with Gasteiger partial charge < -0.3 is 10.6 Å². The van der Waals surface area contributed by atoms with Gasteiger partial charge >= 0.3 is 0 Å². The van der Waals surface area contributed by atoms with Gasteiger partial charge in [-0.2, -0.15) is 0 Å². The molecule has 2 N–H and O–H groups in total. The molecule has 4 nitrogen and oxygen atoms in total. The van der Waals surface area contributed by atoms with E-state index in [4.69, 9.17) is 11.6 Å². The highest BCUT2D eigenvalue weighted by Crippen LogP contribution is 2.06. The number of rotatable bonds is 2. The summed E-state index contributed by atoms with van der Waals surface area (Å²) in [5.41, 5.74) is 0.373. The summed E-state index contributed by atoms with van der Waals surface area (Å²) in [7, 11) is 0. The molecule has 94 valence electrons. The molecule has 1 atom stereocenters. The van der Waals surface area contributed by atoms with Gasteiger partial charge in [-0.15, -0.1) is 12.4 Å². The van der Waals surface area contributed by atoms with Crippen LogP contribution in [0.5, 0.6) is 0 Å². The van der Waals surface area contributed by atoms with Gasteiger partial charge in [0.05, 0.1) is 0 Å². The van der Waals surface area contributed by atoms with Gasteiger partial charge in [0.2, 0.25) is 0 Å². The maximum atomic E-state index is 11.8. The molecule has 17 heavy (non-hydrogen) atoms. The lowest BCUT2D eigenvalue weighted by atomic mass is 10.1. The molecule has 0 aliphatic carbocycles. The molecule has 6 heteroatoms. The van der Waals surface area contributed by atoms with Crippen molar-refractivity contribution in [1.82, 2.24) is 15.6 Å². The summed E-state index contributed by atoms with van der Waals surface area (Å²) in [5.74, 6) is -0.156. The molecule has 0 radical (unpaired) electrons. The molecular formula is C11H15Cl2N3O. The molecule has 1 saturated heterocycles. The van der Waals surface area contributed by atoms with Crippen LogP contribution in [0.15, 0.2) is 18.2 Å². The minimum Gasteiger partial charge on any atom is -0.347 e. The highest BCUT2D eigenvalue weighted by Gasteiger charge is 2.16. The van der Waals surface area contributed by atoms with Crippen molar-refractivity contribution in [3.63, 3.8) is 0 Å². The standard InChI is InChI=1S/C11H14ClN3O.ClH/c12-10-5-1-4-9(15-10)11(16)14-8-3-2-6-13-7-8;/h1,4-5,8,13H,2-3,6-7H2,(H,14,16);1H. The number of nitrogens with zero attached hydrogens (tertiary/aromatic N) is 1. The Morgan fingerprint density at radius 2 is 2.35 bits per heavy atom. The Labute approximate surface area is 112 Å². The van der Waals surface area contributed by atoms with Gasteiger partial charge in [0, 0.05) is 12.6 Å². The van der Waals surface area contributed by atoms with E-state index in [1.54, 1.807) is 18.2 Å². The van der Waals surface area contributed by atoms with E-state index >= 15 is 0 Å². The smallest absolute Gasteiger partial charge is 0.270 e. The molecule has 1 aliphatic heterocycles. The first kappa shape index (κ1) is 14.2. The van der Waals surface area contributed by atoms with Gasteiger partial charge in [0.25, 0.3) is 5.91 Å². The number of pyridine rings is 1. The summed E-state index contributed by atoms with van der Waals surface area (Å²) in [5, 5.41) is 6.52. The second-order valence-electron chi connectivity index (χ2n) is 3.86.